The molecule has 0 atom stereocenters. The highest BCUT2D eigenvalue weighted by Gasteiger charge is 2.07. The number of hydrogen-bond acceptors (Lipinski definition) is 1. The third kappa shape index (κ3) is 4.15. The van der Waals surface area contributed by atoms with Gasteiger partial charge in [-0.05, 0) is 26.0 Å². The number of carbonyl (C=O) groups is 1. The quantitative estimate of drug-likeness (QED) is 0.728. The molecule has 0 saturated heterocycles. The summed E-state index contributed by atoms with van der Waals surface area (Å²) in [5.74, 6) is 0.0892. The van der Waals surface area contributed by atoms with Gasteiger partial charge in [-0.3, -0.25) is 4.79 Å². The summed E-state index contributed by atoms with van der Waals surface area (Å²) < 4.78 is 0. The fraction of sp³-hybridized carbons (Fsp3) is 0.462. The van der Waals surface area contributed by atoms with Crippen LogP contribution in [0.4, 0.5) is 5.69 Å². The summed E-state index contributed by atoms with van der Waals surface area (Å²) in [4.78, 5) is 12.9. The van der Waals surface area contributed by atoms with E-state index in [-0.39, 0.29) is 5.91 Å². The largest absolute Gasteiger partial charge is 0.313 e. The molecule has 0 bridgehead atoms. The molecular weight excluding hydrogens is 186 g/mol. The molecule has 1 amide bonds. The van der Waals surface area contributed by atoms with Gasteiger partial charge in [0.2, 0.25) is 5.91 Å². The smallest absolute Gasteiger partial charge is 0.223 e. The normalized spacial score (nSPS) is 8.87. The van der Waals surface area contributed by atoms with E-state index < -0.39 is 0 Å². The van der Waals surface area contributed by atoms with Crippen LogP contribution < -0.4 is 4.90 Å². The van der Waals surface area contributed by atoms with Crippen LogP contribution in [0.2, 0.25) is 0 Å². The Morgan fingerprint density at radius 1 is 1.20 bits per heavy atom. The number of carbonyl (C=O) groups excluding carboxylic acids is 1. The molecule has 15 heavy (non-hydrogen) atoms. The second-order valence-corrected chi connectivity index (χ2v) is 3.10. The van der Waals surface area contributed by atoms with Gasteiger partial charge in [0, 0.05) is 19.2 Å². The number of nitrogens with zero attached hydrogens (tertiary/aromatic N) is 1. The molecule has 0 spiro atoms. The van der Waals surface area contributed by atoms with Crippen molar-refractivity contribution in [1.82, 2.24) is 0 Å². The van der Waals surface area contributed by atoms with Crippen LogP contribution in [0.15, 0.2) is 24.3 Å². The van der Waals surface area contributed by atoms with Gasteiger partial charge in [-0.2, -0.15) is 0 Å². The second-order valence-electron chi connectivity index (χ2n) is 3.10. The van der Waals surface area contributed by atoms with Crippen molar-refractivity contribution in [2.45, 2.75) is 34.6 Å². The molecule has 0 aliphatic rings. The van der Waals surface area contributed by atoms with Crippen molar-refractivity contribution >= 4 is 11.6 Å². The molecular formula is C13H21NO. The fourth-order valence-electron chi connectivity index (χ4n) is 1.31. The lowest BCUT2D eigenvalue weighted by Crippen LogP contribution is -2.27. The van der Waals surface area contributed by atoms with E-state index in [1.54, 1.807) is 11.8 Å². The number of benzene rings is 1. The molecule has 0 fully saturated rings. The molecule has 0 N–H and O–H groups in total. The summed E-state index contributed by atoms with van der Waals surface area (Å²) in [6.07, 6.45) is 0. The van der Waals surface area contributed by atoms with Crippen LogP contribution in [-0.4, -0.2) is 12.5 Å². The van der Waals surface area contributed by atoms with Crippen LogP contribution in [0.1, 0.15) is 33.3 Å². The average molecular weight is 207 g/mol. The predicted octanol–water partition coefficient (Wildman–Crippen LogP) is 3.39. The van der Waals surface area contributed by atoms with Crippen LogP contribution >= 0.6 is 0 Å². The Morgan fingerprint density at radius 2 is 1.67 bits per heavy atom. The number of anilines is 1. The van der Waals surface area contributed by atoms with Gasteiger partial charge in [-0.15, -0.1) is 0 Å². The van der Waals surface area contributed by atoms with Crippen LogP contribution in [0, 0.1) is 6.92 Å². The van der Waals surface area contributed by atoms with E-state index in [9.17, 15) is 4.79 Å². The molecule has 1 aromatic carbocycles. The number of aryl methyl sites for hydroxylation is 1. The molecule has 0 aromatic heterocycles. The molecule has 0 radical (unpaired) electrons. The van der Waals surface area contributed by atoms with Crippen LogP contribution in [-0.2, 0) is 4.79 Å². The minimum Gasteiger partial charge on any atom is -0.313 e. The van der Waals surface area contributed by atoms with Gasteiger partial charge < -0.3 is 4.90 Å². The van der Waals surface area contributed by atoms with E-state index in [1.807, 2.05) is 52.0 Å². The summed E-state index contributed by atoms with van der Waals surface area (Å²) in [6, 6.07) is 7.97. The topological polar surface area (TPSA) is 20.3 Å². The monoisotopic (exact) mass is 207 g/mol. The van der Waals surface area contributed by atoms with Gasteiger partial charge in [-0.25, -0.2) is 0 Å². The van der Waals surface area contributed by atoms with Gasteiger partial charge in [0.15, 0.2) is 0 Å². The number of amides is 1. The van der Waals surface area contributed by atoms with E-state index in [0.29, 0.717) is 0 Å². The maximum atomic E-state index is 11.2. The van der Waals surface area contributed by atoms with Crippen LogP contribution in [0.5, 0.6) is 0 Å². The molecule has 0 saturated carbocycles. The van der Waals surface area contributed by atoms with Crippen LogP contribution in [0.25, 0.3) is 0 Å². The SMILES string of the molecule is CC.CCN(C(C)=O)c1ccc(C)cc1. The first-order valence-electron chi connectivity index (χ1n) is 5.50. The second kappa shape index (κ2) is 7.04. The van der Waals surface area contributed by atoms with Crippen molar-refractivity contribution in [2.24, 2.45) is 0 Å². The zero-order valence-electron chi connectivity index (χ0n) is 10.4. The number of rotatable bonds is 2. The van der Waals surface area contributed by atoms with Gasteiger partial charge in [0.1, 0.15) is 0 Å². The molecule has 0 heterocycles. The predicted molar refractivity (Wildman–Crippen MR) is 66.2 cm³/mol. The molecule has 1 aromatic rings. The van der Waals surface area contributed by atoms with E-state index in [4.69, 9.17) is 0 Å². The van der Waals surface area contributed by atoms with E-state index in [1.165, 1.54) is 5.56 Å². The summed E-state index contributed by atoms with van der Waals surface area (Å²) in [6.45, 7) is 10.3. The maximum absolute atomic E-state index is 11.2. The van der Waals surface area contributed by atoms with Gasteiger partial charge in [0.05, 0.1) is 0 Å². The Bertz CT molecular complexity index is 290. The van der Waals surface area contributed by atoms with Gasteiger partial charge in [0.25, 0.3) is 0 Å². The van der Waals surface area contributed by atoms with Crippen molar-refractivity contribution in [3.05, 3.63) is 29.8 Å². The molecule has 0 unspecified atom stereocenters. The molecule has 1 rings (SSSR count). The van der Waals surface area contributed by atoms with E-state index >= 15 is 0 Å². The van der Waals surface area contributed by atoms with Crippen molar-refractivity contribution in [1.29, 1.82) is 0 Å². The van der Waals surface area contributed by atoms with Crippen LogP contribution in [0.3, 0.4) is 0 Å². The minimum absolute atomic E-state index is 0.0892. The number of hydrogen-bond donors (Lipinski definition) is 0. The lowest BCUT2D eigenvalue weighted by Gasteiger charge is -2.18. The third-order valence-electron chi connectivity index (χ3n) is 2.04. The Kier molecular flexibility index (Phi) is 6.43. The Balaban J connectivity index is 0.000000921. The first kappa shape index (κ1) is 13.7. The Morgan fingerprint density at radius 3 is 2.00 bits per heavy atom. The van der Waals surface area contributed by atoms with E-state index in [2.05, 4.69) is 0 Å². The van der Waals surface area contributed by atoms with Gasteiger partial charge in [-0.1, -0.05) is 31.5 Å². The highest BCUT2D eigenvalue weighted by Crippen LogP contribution is 2.14. The summed E-state index contributed by atoms with van der Waals surface area (Å²) in [7, 11) is 0. The van der Waals surface area contributed by atoms with Crippen molar-refractivity contribution in [3.63, 3.8) is 0 Å². The molecule has 0 aliphatic heterocycles. The Hall–Kier alpha value is -1.31. The van der Waals surface area contributed by atoms with Crippen molar-refractivity contribution in [2.75, 3.05) is 11.4 Å². The minimum atomic E-state index is 0.0892. The van der Waals surface area contributed by atoms with Crippen molar-refractivity contribution < 1.29 is 4.79 Å². The zero-order valence-corrected chi connectivity index (χ0v) is 10.4. The van der Waals surface area contributed by atoms with Crippen molar-refractivity contribution in [3.8, 4) is 0 Å². The lowest BCUT2D eigenvalue weighted by molar-refractivity contribution is -0.116. The molecule has 0 aliphatic carbocycles. The lowest BCUT2D eigenvalue weighted by atomic mass is 10.2. The highest BCUT2D eigenvalue weighted by molar-refractivity contribution is 5.91. The molecule has 2 heteroatoms. The summed E-state index contributed by atoms with van der Waals surface area (Å²) in [5.41, 5.74) is 2.18. The average Bonchev–Trinajstić information content (AvgIpc) is 2.24. The standard InChI is InChI=1S/C11H15NO.C2H6/c1-4-12(10(3)13)11-7-5-9(2)6-8-11;1-2/h5-8H,4H2,1-3H3;1-2H3. The van der Waals surface area contributed by atoms with Gasteiger partial charge >= 0.3 is 0 Å². The summed E-state index contributed by atoms with van der Waals surface area (Å²) >= 11 is 0. The first-order valence-corrected chi connectivity index (χ1v) is 5.50. The third-order valence-corrected chi connectivity index (χ3v) is 2.04. The zero-order chi connectivity index (χ0) is 11.8. The van der Waals surface area contributed by atoms with E-state index in [0.717, 1.165) is 12.2 Å². The maximum Gasteiger partial charge on any atom is 0.223 e. The molecule has 2 nitrogen and oxygen atoms in total. The molecule has 84 valence electrons. The Labute approximate surface area is 92.9 Å². The summed E-state index contributed by atoms with van der Waals surface area (Å²) in [5, 5.41) is 0. The fourth-order valence-corrected chi connectivity index (χ4v) is 1.31. The first-order chi connectivity index (χ1) is 7.15. The highest BCUT2D eigenvalue weighted by atomic mass is 16.2.